The van der Waals surface area contributed by atoms with Crippen molar-refractivity contribution in [1.82, 2.24) is 21.3 Å². The Balaban J connectivity index is 1.37. The fourth-order valence-electron chi connectivity index (χ4n) is 3.52. The lowest BCUT2D eigenvalue weighted by atomic mass is 10.00. The van der Waals surface area contributed by atoms with Gasteiger partial charge in [-0.2, -0.15) is 0 Å². The lowest BCUT2D eigenvalue weighted by Crippen LogP contribution is -2.56. The smallest absolute Gasteiger partial charge is 0.224 e. The minimum atomic E-state index is -0.807. The third kappa shape index (κ3) is 6.87. The van der Waals surface area contributed by atoms with E-state index in [9.17, 15) is 9.90 Å². The van der Waals surface area contributed by atoms with Gasteiger partial charge in [-0.1, -0.05) is 43.4 Å². The minimum Gasteiger partial charge on any atom is -0.365 e. The molecule has 0 bridgehead atoms. The topological polar surface area (TPSA) is 85.4 Å². The van der Waals surface area contributed by atoms with Gasteiger partial charge in [0.05, 0.1) is 17.8 Å². The second-order valence-corrected chi connectivity index (χ2v) is 8.42. The maximum atomic E-state index is 12.0. The summed E-state index contributed by atoms with van der Waals surface area (Å²) in [6.07, 6.45) is 13.5. The van der Waals surface area contributed by atoms with E-state index < -0.39 is 6.35 Å². The molecule has 7 heteroatoms. The number of halogens is 1. The maximum absolute atomic E-state index is 12.0. The third-order valence-electron chi connectivity index (χ3n) is 5.17. The van der Waals surface area contributed by atoms with Crippen LogP contribution in [0.25, 0.3) is 0 Å². The van der Waals surface area contributed by atoms with Crippen molar-refractivity contribution in [2.24, 2.45) is 5.92 Å². The number of amides is 1. The van der Waals surface area contributed by atoms with E-state index in [2.05, 4.69) is 40.3 Å². The first kappa shape index (κ1) is 21.3. The normalized spacial score (nSPS) is 28.8. The molecule has 1 aliphatic heterocycles. The summed E-state index contributed by atoms with van der Waals surface area (Å²) in [5.74, 6) is 0.482. The van der Waals surface area contributed by atoms with E-state index >= 15 is 0 Å². The largest absolute Gasteiger partial charge is 0.365 e. The van der Waals surface area contributed by atoms with Crippen LogP contribution < -0.4 is 21.3 Å². The van der Waals surface area contributed by atoms with Crippen molar-refractivity contribution in [3.05, 3.63) is 47.6 Å². The van der Waals surface area contributed by atoms with Crippen LogP contribution in [0, 0.1) is 5.92 Å². The van der Waals surface area contributed by atoms with Crippen molar-refractivity contribution in [2.75, 3.05) is 19.6 Å². The summed E-state index contributed by atoms with van der Waals surface area (Å²) in [5, 5.41) is 22.7. The van der Waals surface area contributed by atoms with Gasteiger partial charge in [0.25, 0.3) is 0 Å². The monoisotopic (exact) mass is 406 g/mol. The Morgan fingerprint density at radius 3 is 2.79 bits per heavy atom. The lowest BCUT2D eigenvalue weighted by molar-refractivity contribution is -0.121. The summed E-state index contributed by atoms with van der Waals surface area (Å²) < 4.78 is 0. The van der Waals surface area contributed by atoms with E-state index in [4.69, 9.17) is 11.6 Å². The van der Waals surface area contributed by atoms with Crippen molar-refractivity contribution in [2.45, 2.75) is 50.0 Å². The van der Waals surface area contributed by atoms with Crippen molar-refractivity contribution < 1.29 is 9.90 Å². The van der Waals surface area contributed by atoms with Crippen molar-refractivity contribution in [3.63, 3.8) is 0 Å². The van der Waals surface area contributed by atoms with E-state index in [1.165, 1.54) is 0 Å². The van der Waals surface area contributed by atoms with Crippen molar-refractivity contribution in [1.29, 1.82) is 0 Å². The van der Waals surface area contributed by atoms with E-state index in [1.807, 2.05) is 24.3 Å². The molecule has 3 unspecified atom stereocenters. The van der Waals surface area contributed by atoms with Gasteiger partial charge in [0.1, 0.15) is 0 Å². The van der Waals surface area contributed by atoms with E-state index in [-0.39, 0.29) is 23.4 Å². The van der Waals surface area contributed by atoms with Gasteiger partial charge in [0.2, 0.25) is 5.91 Å². The molecule has 3 rings (SSSR count). The molecule has 1 amide bonds. The number of carbonyl (C=O) groups excluding carboxylic acids is 1. The number of hydrogen-bond acceptors (Lipinski definition) is 5. The molecule has 3 aliphatic rings. The van der Waals surface area contributed by atoms with Gasteiger partial charge in [0, 0.05) is 25.7 Å². The molecule has 0 aromatic rings. The fraction of sp³-hybridized carbons (Fsp3) is 0.571. The molecule has 28 heavy (non-hydrogen) atoms. The van der Waals surface area contributed by atoms with Crippen LogP contribution in [0.1, 0.15) is 26.2 Å². The Bertz CT molecular complexity index is 669. The standard InChI is InChI=1S/C21H31ClN4O2/c1-14-8-16(2-5-17(22)9-14)11-24-21(28)26-18-6-3-15(4-7-18)10-20(27)25-19-12-23-13-19/h2-6,8,14,17-19,21,23-24,26,28H,7,9-13H2,1H3,(H,25,27)/t14-,17?,18?,21?/m1/s1. The first-order valence-corrected chi connectivity index (χ1v) is 10.5. The molecular weight excluding hydrogens is 376 g/mol. The van der Waals surface area contributed by atoms with Gasteiger partial charge in [-0.25, -0.2) is 0 Å². The number of carbonyl (C=O) groups is 1. The second kappa shape index (κ2) is 10.4. The summed E-state index contributed by atoms with van der Waals surface area (Å²) in [5.41, 5.74) is 2.15. The zero-order chi connectivity index (χ0) is 19.9. The Kier molecular flexibility index (Phi) is 7.88. The number of alkyl halides is 1. The first-order chi connectivity index (χ1) is 13.5. The SMILES string of the molecule is C[C@@H]1C=C(CNC(O)NC2C=CC(CC(=O)NC3CNC3)=CC2)C=CC(Cl)C1. The zero-order valence-electron chi connectivity index (χ0n) is 16.3. The van der Waals surface area contributed by atoms with Crippen LogP contribution in [0.4, 0.5) is 0 Å². The Morgan fingerprint density at radius 2 is 2.11 bits per heavy atom. The predicted molar refractivity (Wildman–Crippen MR) is 113 cm³/mol. The molecule has 0 saturated carbocycles. The number of allylic oxidation sites excluding steroid dienone is 3. The van der Waals surface area contributed by atoms with Gasteiger partial charge >= 0.3 is 0 Å². The summed E-state index contributed by atoms with van der Waals surface area (Å²) >= 11 is 6.21. The quantitative estimate of drug-likeness (QED) is 0.310. The molecular formula is C21H31ClN4O2. The molecule has 2 aliphatic carbocycles. The number of hydrogen-bond donors (Lipinski definition) is 5. The average molecular weight is 407 g/mol. The number of aliphatic hydroxyl groups is 1. The van der Waals surface area contributed by atoms with Crippen molar-refractivity contribution >= 4 is 17.5 Å². The Morgan fingerprint density at radius 1 is 1.32 bits per heavy atom. The average Bonchev–Trinajstić information content (AvgIpc) is 2.78. The van der Waals surface area contributed by atoms with Crippen LogP contribution in [0.2, 0.25) is 0 Å². The lowest BCUT2D eigenvalue weighted by Gasteiger charge is -2.28. The fourth-order valence-corrected chi connectivity index (χ4v) is 3.87. The molecule has 1 heterocycles. The highest BCUT2D eigenvalue weighted by Gasteiger charge is 2.20. The van der Waals surface area contributed by atoms with E-state index in [0.29, 0.717) is 18.9 Å². The molecule has 0 aromatic heterocycles. The molecule has 154 valence electrons. The molecule has 6 nitrogen and oxygen atoms in total. The Labute approximate surface area is 172 Å². The molecule has 1 fully saturated rings. The highest BCUT2D eigenvalue weighted by atomic mass is 35.5. The molecule has 0 spiro atoms. The Hall–Kier alpha value is -1.44. The van der Waals surface area contributed by atoms with E-state index in [0.717, 1.165) is 37.1 Å². The maximum Gasteiger partial charge on any atom is 0.224 e. The van der Waals surface area contributed by atoms with Crippen LogP contribution in [-0.4, -0.2) is 54.5 Å². The van der Waals surface area contributed by atoms with Crippen LogP contribution in [0.15, 0.2) is 47.6 Å². The first-order valence-electron chi connectivity index (χ1n) is 10.1. The van der Waals surface area contributed by atoms with Gasteiger partial charge in [-0.05, 0) is 29.9 Å². The van der Waals surface area contributed by atoms with E-state index in [1.54, 1.807) is 0 Å². The van der Waals surface area contributed by atoms with Crippen LogP contribution in [0.5, 0.6) is 0 Å². The van der Waals surface area contributed by atoms with Gasteiger partial charge in [-0.3, -0.25) is 15.4 Å². The summed E-state index contributed by atoms with van der Waals surface area (Å²) in [7, 11) is 0. The minimum absolute atomic E-state index is 0.0370. The van der Waals surface area contributed by atoms with Gasteiger partial charge in [0.15, 0.2) is 6.35 Å². The predicted octanol–water partition coefficient (Wildman–Crippen LogP) is 1.30. The highest BCUT2D eigenvalue weighted by molar-refractivity contribution is 6.21. The zero-order valence-corrected chi connectivity index (χ0v) is 17.1. The number of aliphatic hydroxyl groups excluding tert-OH is 1. The third-order valence-corrected chi connectivity index (χ3v) is 5.50. The van der Waals surface area contributed by atoms with Crippen LogP contribution in [0.3, 0.4) is 0 Å². The number of nitrogens with one attached hydrogen (secondary N) is 4. The summed E-state index contributed by atoms with van der Waals surface area (Å²) in [6, 6.07) is 0.308. The second-order valence-electron chi connectivity index (χ2n) is 7.86. The van der Waals surface area contributed by atoms with Crippen LogP contribution >= 0.6 is 11.6 Å². The van der Waals surface area contributed by atoms with Crippen molar-refractivity contribution in [3.8, 4) is 0 Å². The van der Waals surface area contributed by atoms with Gasteiger partial charge in [-0.15, -0.1) is 11.6 Å². The van der Waals surface area contributed by atoms with Crippen LogP contribution in [-0.2, 0) is 4.79 Å². The molecule has 5 N–H and O–H groups in total. The summed E-state index contributed by atoms with van der Waals surface area (Å²) in [6.45, 7) is 4.44. The molecule has 0 radical (unpaired) electrons. The number of rotatable bonds is 8. The molecule has 4 atom stereocenters. The van der Waals surface area contributed by atoms with Gasteiger partial charge < -0.3 is 15.7 Å². The molecule has 1 saturated heterocycles. The molecule has 0 aromatic carbocycles. The highest BCUT2D eigenvalue weighted by Crippen LogP contribution is 2.20. The summed E-state index contributed by atoms with van der Waals surface area (Å²) in [4.78, 5) is 12.0.